The SMILES string of the molecule is Cc1cc(F)c(N)cc1S(=O)(=O)N1CCC(CCO)C1. The van der Waals surface area contributed by atoms with Crippen molar-refractivity contribution in [3.8, 4) is 0 Å². The van der Waals surface area contributed by atoms with Gasteiger partial charge in [-0.1, -0.05) is 0 Å². The van der Waals surface area contributed by atoms with E-state index in [9.17, 15) is 12.8 Å². The Balaban J connectivity index is 2.30. The van der Waals surface area contributed by atoms with Crippen molar-refractivity contribution in [2.75, 3.05) is 25.4 Å². The zero-order chi connectivity index (χ0) is 14.9. The lowest BCUT2D eigenvalue weighted by Crippen LogP contribution is -2.29. The molecular formula is C13H19FN2O3S. The van der Waals surface area contributed by atoms with Crippen LogP contribution >= 0.6 is 0 Å². The Hall–Kier alpha value is -1.18. The molecule has 1 aromatic carbocycles. The summed E-state index contributed by atoms with van der Waals surface area (Å²) in [5.41, 5.74) is 5.65. The molecule has 1 aliphatic rings. The molecule has 5 nitrogen and oxygen atoms in total. The van der Waals surface area contributed by atoms with E-state index in [1.807, 2.05) is 0 Å². The van der Waals surface area contributed by atoms with E-state index >= 15 is 0 Å². The number of halogens is 1. The second-order valence-corrected chi connectivity index (χ2v) is 7.08. The highest BCUT2D eigenvalue weighted by atomic mass is 32.2. The summed E-state index contributed by atoms with van der Waals surface area (Å²) in [5, 5.41) is 8.92. The standard InChI is InChI=1S/C13H19FN2O3S/c1-9-6-11(14)12(15)7-13(9)20(18,19)16-4-2-10(8-16)3-5-17/h6-7,10,17H,2-5,8,15H2,1H3. The maximum atomic E-state index is 13.3. The molecule has 1 saturated heterocycles. The van der Waals surface area contributed by atoms with Gasteiger partial charge < -0.3 is 10.8 Å². The van der Waals surface area contributed by atoms with Crippen molar-refractivity contribution in [3.63, 3.8) is 0 Å². The summed E-state index contributed by atoms with van der Waals surface area (Å²) in [6, 6.07) is 2.32. The lowest BCUT2D eigenvalue weighted by atomic mass is 10.1. The van der Waals surface area contributed by atoms with Gasteiger partial charge >= 0.3 is 0 Å². The molecule has 1 fully saturated rings. The summed E-state index contributed by atoms with van der Waals surface area (Å²) in [7, 11) is -3.65. The van der Waals surface area contributed by atoms with Crippen LogP contribution in [0.5, 0.6) is 0 Å². The fourth-order valence-electron chi connectivity index (χ4n) is 2.52. The first kappa shape index (κ1) is 15.2. The smallest absolute Gasteiger partial charge is 0.243 e. The maximum absolute atomic E-state index is 13.3. The summed E-state index contributed by atoms with van der Waals surface area (Å²) >= 11 is 0. The van der Waals surface area contributed by atoms with Crippen molar-refractivity contribution in [2.24, 2.45) is 5.92 Å². The van der Waals surface area contributed by atoms with Gasteiger partial charge in [-0.05, 0) is 43.4 Å². The second-order valence-electron chi connectivity index (χ2n) is 5.17. The van der Waals surface area contributed by atoms with Crippen LogP contribution in [0.4, 0.5) is 10.1 Å². The number of nitrogens with two attached hydrogens (primary N) is 1. The fraction of sp³-hybridized carbons (Fsp3) is 0.538. The zero-order valence-corrected chi connectivity index (χ0v) is 12.2. The monoisotopic (exact) mass is 302 g/mol. The Kier molecular flexibility index (Phi) is 4.31. The maximum Gasteiger partial charge on any atom is 0.243 e. The Bertz CT molecular complexity index is 604. The third-order valence-electron chi connectivity index (χ3n) is 3.70. The molecule has 1 atom stereocenters. The van der Waals surface area contributed by atoms with Gasteiger partial charge in [-0.3, -0.25) is 0 Å². The quantitative estimate of drug-likeness (QED) is 0.816. The number of aliphatic hydroxyl groups excluding tert-OH is 1. The van der Waals surface area contributed by atoms with Crippen molar-refractivity contribution < 1.29 is 17.9 Å². The van der Waals surface area contributed by atoms with E-state index in [-0.39, 0.29) is 23.1 Å². The highest BCUT2D eigenvalue weighted by molar-refractivity contribution is 7.89. The molecule has 0 bridgehead atoms. The van der Waals surface area contributed by atoms with E-state index in [1.165, 1.54) is 10.4 Å². The van der Waals surface area contributed by atoms with E-state index in [0.29, 0.717) is 25.1 Å². The van der Waals surface area contributed by atoms with Crippen LogP contribution in [0.1, 0.15) is 18.4 Å². The predicted molar refractivity (Wildman–Crippen MR) is 74.1 cm³/mol. The Morgan fingerprint density at radius 2 is 2.20 bits per heavy atom. The molecule has 1 aromatic rings. The topological polar surface area (TPSA) is 83.6 Å². The van der Waals surface area contributed by atoms with E-state index in [4.69, 9.17) is 10.8 Å². The number of nitrogens with zero attached hydrogens (tertiary/aromatic N) is 1. The average molecular weight is 302 g/mol. The molecule has 2 rings (SSSR count). The minimum atomic E-state index is -3.65. The lowest BCUT2D eigenvalue weighted by molar-refractivity contribution is 0.259. The average Bonchev–Trinajstić information content (AvgIpc) is 2.83. The van der Waals surface area contributed by atoms with Crippen LogP contribution in [0.2, 0.25) is 0 Å². The summed E-state index contributed by atoms with van der Waals surface area (Å²) in [4.78, 5) is 0.0565. The van der Waals surface area contributed by atoms with Crippen molar-refractivity contribution >= 4 is 15.7 Å². The summed E-state index contributed by atoms with van der Waals surface area (Å²) in [5.74, 6) is -0.436. The van der Waals surface area contributed by atoms with Crippen LogP contribution in [0.25, 0.3) is 0 Å². The number of rotatable bonds is 4. The fourth-order valence-corrected chi connectivity index (χ4v) is 4.29. The van der Waals surface area contributed by atoms with Gasteiger partial charge in [0.15, 0.2) is 0 Å². The Labute approximate surface area is 118 Å². The van der Waals surface area contributed by atoms with Gasteiger partial charge in [-0.15, -0.1) is 0 Å². The van der Waals surface area contributed by atoms with Crippen LogP contribution in [-0.4, -0.2) is 37.5 Å². The predicted octanol–water partition coefficient (Wildman–Crippen LogP) is 1.11. The van der Waals surface area contributed by atoms with Gasteiger partial charge in [0.25, 0.3) is 0 Å². The second kappa shape index (κ2) is 5.67. The molecule has 0 saturated carbocycles. The zero-order valence-electron chi connectivity index (χ0n) is 11.3. The van der Waals surface area contributed by atoms with E-state index < -0.39 is 15.8 Å². The molecule has 0 aliphatic carbocycles. The number of benzene rings is 1. The van der Waals surface area contributed by atoms with E-state index in [1.54, 1.807) is 6.92 Å². The van der Waals surface area contributed by atoms with Crippen LogP contribution in [-0.2, 0) is 10.0 Å². The van der Waals surface area contributed by atoms with Crippen LogP contribution in [0, 0.1) is 18.7 Å². The van der Waals surface area contributed by atoms with Crippen molar-refractivity contribution in [3.05, 3.63) is 23.5 Å². The van der Waals surface area contributed by atoms with Gasteiger partial charge in [0.2, 0.25) is 10.0 Å². The van der Waals surface area contributed by atoms with E-state index in [0.717, 1.165) is 12.5 Å². The molecule has 0 aromatic heterocycles. The molecule has 0 spiro atoms. The van der Waals surface area contributed by atoms with Crippen LogP contribution < -0.4 is 5.73 Å². The van der Waals surface area contributed by atoms with Gasteiger partial charge in [0, 0.05) is 19.7 Å². The van der Waals surface area contributed by atoms with Crippen molar-refractivity contribution in [1.29, 1.82) is 0 Å². The molecule has 112 valence electrons. The number of aliphatic hydroxyl groups is 1. The van der Waals surface area contributed by atoms with Crippen molar-refractivity contribution in [2.45, 2.75) is 24.7 Å². The number of aryl methyl sites for hydroxylation is 1. The van der Waals surface area contributed by atoms with Gasteiger partial charge in [-0.2, -0.15) is 4.31 Å². The minimum absolute atomic E-state index is 0.0565. The van der Waals surface area contributed by atoms with Gasteiger partial charge in [-0.25, -0.2) is 12.8 Å². The van der Waals surface area contributed by atoms with E-state index in [2.05, 4.69) is 0 Å². The summed E-state index contributed by atoms with van der Waals surface area (Å²) in [6.07, 6.45) is 1.33. The largest absolute Gasteiger partial charge is 0.396 e. The highest BCUT2D eigenvalue weighted by Crippen LogP contribution is 2.29. The van der Waals surface area contributed by atoms with Crippen LogP contribution in [0.3, 0.4) is 0 Å². The number of anilines is 1. The first-order valence-electron chi connectivity index (χ1n) is 6.53. The number of hydrogen-bond donors (Lipinski definition) is 2. The molecule has 0 radical (unpaired) electrons. The normalized spacial score (nSPS) is 20.4. The molecule has 1 unspecified atom stereocenters. The number of sulfonamides is 1. The summed E-state index contributed by atoms with van der Waals surface area (Å²) < 4.78 is 39.8. The summed E-state index contributed by atoms with van der Waals surface area (Å²) in [6.45, 7) is 2.42. The van der Waals surface area contributed by atoms with Gasteiger partial charge in [0.1, 0.15) is 5.82 Å². The van der Waals surface area contributed by atoms with Gasteiger partial charge in [0.05, 0.1) is 10.6 Å². The first-order valence-corrected chi connectivity index (χ1v) is 7.97. The molecule has 1 heterocycles. The third-order valence-corrected chi connectivity index (χ3v) is 5.71. The molecular weight excluding hydrogens is 283 g/mol. The molecule has 20 heavy (non-hydrogen) atoms. The molecule has 7 heteroatoms. The molecule has 0 amide bonds. The van der Waals surface area contributed by atoms with Crippen LogP contribution in [0.15, 0.2) is 17.0 Å². The Morgan fingerprint density at radius 3 is 2.85 bits per heavy atom. The first-order chi connectivity index (χ1) is 9.36. The minimum Gasteiger partial charge on any atom is -0.396 e. The third kappa shape index (κ3) is 2.79. The van der Waals surface area contributed by atoms with Crippen molar-refractivity contribution in [1.82, 2.24) is 4.31 Å². The molecule has 1 aliphatic heterocycles. The molecule has 3 N–H and O–H groups in total. The number of hydrogen-bond acceptors (Lipinski definition) is 4. The Morgan fingerprint density at radius 1 is 1.50 bits per heavy atom. The lowest BCUT2D eigenvalue weighted by Gasteiger charge is -2.18. The number of nitrogen functional groups attached to an aromatic ring is 1. The highest BCUT2D eigenvalue weighted by Gasteiger charge is 2.33.